The predicted molar refractivity (Wildman–Crippen MR) is 35.0 cm³/mol. The third-order valence-corrected chi connectivity index (χ3v) is 1.15. The molecule has 0 radical (unpaired) electrons. The van der Waals surface area contributed by atoms with Crippen molar-refractivity contribution in [2.24, 2.45) is 0 Å². The van der Waals surface area contributed by atoms with E-state index in [9.17, 15) is 13.7 Å². The molecule has 1 unspecified atom stereocenters. The number of halogens is 4. The van der Waals surface area contributed by atoms with E-state index in [1.165, 1.54) is 0 Å². The first kappa shape index (κ1) is 15.0. The maximum absolute atomic E-state index is 11.5. The zero-order valence-electron chi connectivity index (χ0n) is 5.39. The van der Waals surface area contributed by atoms with Gasteiger partial charge in [-0.15, -0.1) is 0 Å². The van der Waals surface area contributed by atoms with Crippen molar-refractivity contribution in [3.63, 3.8) is 0 Å². The average molecular weight is 237 g/mol. The fourth-order valence-electron chi connectivity index (χ4n) is 0.150. The van der Waals surface area contributed by atoms with Crippen LogP contribution in [0, 0.1) is 0 Å². The first-order valence-electron chi connectivity index (χ1n) is 1.93. The maximum atomic E-state index is 11.5. The average Bonchev–Trinajstić information content (AvgIpc) is 1.57. The standard InChI is InChI=1S/C2H3Cl3FO3P.Li/c3-2(4,5)1-9-10(6,7)8;/h1H2,(H,7,8);/q;+1/p-1. The van der Waals surface area contributed by atoms with Crippen molar-refractivity contribution in [1.82, 2.24) is 0 Å². The predicted octanol–water partition coefficient (Wildman–Crippen LogP) is -1.18. The van der Waals surface area contributed by atoms with Crippen LogP contribution in [-0.2, 0) is 9.09 Å². The van der Waals surface area contributed by atoms with Crippen LogP contribution < -0.4 is 23.8 Å². The fraction of sp³-hybridized carbons (Fsp3) is 1.00. The van der Waals surface area contributed by atoms with E-state index in [2.05, 4.69) is 4.52 Å². The first-order chi connectivity index (χ1) is 4.21. The normalized spacial score (nSPS) is 16.8. The molecule has 0 saturated heterocycles. The van der Waals surface area contributed by atoms with Crippen molar-refractivity contribution in [2.45, 2.75) is 3.79 Å². The molecule has 0 heterocycles. The molecule has 1 atom stereocenters. The molecule has 62 valence electrons. The Hall–Kier alpha value is 1.55. The Morgan fingerprint density at radius 3 is 2.00 bits per heavy atom. The van der Waals surface area contributed by atoms with E-state index in [-0.39, 0.29) is 18.9 Å². The van der Waals surface area contributed by atoms with Crippen molar-refractivity contribution < 1.29 is 37.0 Å². The minimum atomic E-state index is -5.27. The van der Waals surface area contributed by atoms with Gasteiger partial charge in [0.15, 0.2) is 0 Å². The summed E-state index contributed by atoms with van der Waals surface area (Å²) in [6.45, 7) is -0.824. The molecule has 0 aromatic rings. The van der Waals surface area contributed by atoms with Crippen molar-refractivity contribution in [3.8, 4) is 0 Å². The monoisotopic (exact) mass is 236 g/mol. The van der Waals surface area contributed by atoms with Crippen LogP contribution in [0.1, 0.15) is 0 Å². The number of hydrogen-bond acceptors (Lipinski definition) is 3. The van der Waals surface area contributed by atoms with E-state index in [1.54, 1.807) is 0 Å². The number of rotatable bonds is 2. The summed E-state index contributed by atoms with van der Waals surface area (Å²) in [6, 6.07) is 0. The van der Waals surface area contributed by atoms with E-state index in [1.807, 2.05) is 0 Å². The van der Waals surface area contributed by atoms with Crippen molar-refractivity contribution in [2.75, 3.05) is 6.61 Å². The van der Waals surface area contributed by atoms with Gasteiger partial charge in [-0.3, -0.25) is 4.57 Å². The Bertz CT molecular complexity index is 155. The van der Waals surface area contributed by atoms with Gasteiger partial charge in [0, 0.05) is 0 Å². The molecule has 0 spiro atoms. The van der Waals surface area contributed by atoms with Gasteiger partial charge >= 0.3 is 26.8 Å². The van der Waals surface area contributed by atoms with Crippen LogP contribution >= 0.6 is 42.7 Å². The van der Waals surface area contributed by atoms with E-state index in [0.29, 0.717) is 0 Å². The summed E-state index contributed by atoms with van der Waals surface area (Å²) >= 11 is 15.1. The minimum Gasteiger partial charge on any atom is -0.753 e. The fourth-order valence-corrected chi connectivity index (χ4v) is 0.890. The molecule has 0 aromatic carbocycles. The molecule has 11 heavy (non-hydrogen) atoms. The summed E-state index contributed by atoms with van der Waals surface area (Å²) in [5.74, 6) is 0. The van der Waals surface area contributed by atoms with Gasteiger partial charge in [0.05, 0.1) is 0 Å². The summed E-state index contributed by atoms with van der Waals surface area (Å²) in [5.41, 5.74) is 0. The van der Waals surface area contributed by atoms with Gasteiger partial charge in [-0.05, 0) is 0 Å². The van der Waals surface area contributed by atoms with Crippen LogP contribution in [-0.4, -0.2) is 10.4 Å². The second-order valence-corrected chi connectivity index (χ2v) is 4.95. The Kier molecular flexibility index (Phi) is 7.27. The van der Waals surface area contributed by atoms with Crippen LogP contribution in [0.5, 0.6) is 0 Å². The van der Waals surface area contributed by atoms with Crippen molar-refractivity contribution >= 4 is 42.7 Å². The molecule has 0 aliphatic heterocycles. The van der Waals surface area contributed by atoms with Crippen molar-refractivity contribution in [3.05, 3.63) is 0 Å². The van der Waals surface area contributed by atoms with Crippen LogP contribution in [0.2, 0.25) is 0 Å². The first-order valence-corrected chi connectivity index (χ1v) is 4.49. The van der Waals surface area contributed by atoms with Gasteiger partial charge in [0.1, 0.15) is 6.61 Å². The summed E-state index contributed by atoms with van der Waals surface area (Å²) < 4.78 is 22.8. The van der Waals surface area contributed by atoms with Crippen molar-refractivity contribution in [1.29, 1.82) is 0 Å². The largest absolute Gasteiger partial charge is 1.00 e. The zero-order chi connectivity index (χ0) is 8.41. The zero-order valence-corrected chi connectivity index (χ0v) is 8.55. The van der Waals surface area contributed by atoms with Gasteiger partial charge in [-0.1, -0.05) is 34.8 Å². The molecule has 9 heteroatoms. The second-order valence-electron chi connectivity index (χ2n) is 1.32. The summed E-state index contributed by atoms with van der Waals surface area (Å²) in [7, 11) is -5.27. The van der Waals surface area contributed by atoms with Gasteiger partial charge in [0.25, 0.3) is 0 Å². The van der Waals surface area contributed by atoms with Gasteiger partial charge in [-0.2, -0.15) is 4.20 Å². The topological polar surface area (TPSA) is 49.4 Å². The third-order valence-electron chi connectivity index (χ3n) is 0.382. The van der Waals surface area contributed by atoms with Crippen LogP contribution in [0.3, 0.4) is 0 Å². The summed E-state index contributed by atoms with van der Waals surface area (Å²) in [6.07, 6.45) is 0. The Balaban J connectivity index is 0. The number of alkyl halides is 3. The Morgan fingerprint density at radius 2 is 1.91 bits per heavy atom. The van der Waals surface area contributed by atoms with E-state index in [0.717, 1.165) is 0 Å². The molecule has 0 rings (SSSR count). The SMILES string of the molecule is O=P([O-])(F)OCC(Cl)(Cl)Cl.[Li+]. The molecule has 0 bridgehead atoms. The van der Waals surface area contributed by atoms with Crippen LogP contribution in [0.25, 0.3) is 0 Å². The summed E-state index contributed by atoms with van der Waals surface area (Å²) in [5, 5.41) is 0. The van der Waals surface area contributed by atoms with Gasteiger partial charge < -0.3 is 9.42 Å². The maximum Gasteiger partial charge on any atom is 1.00 e. The quantitative estimate of drug-likeness (QED) is 0.345. The minimum absolute atomic E-state index is 0. The smallest absolute Gasteiger partial charge is 0.753 e. The third kappa shape index (κ3) is 14.4. The molecule has 0 N–H and O–H groups in total. The molecule has 0 fully saturated rings. The Labute approximate surface area is 90.0 Å². The second kappa shape index (κ2) is 5.31. The molecule has 0 aliphatic rings. The van der Waals surface area contributed by atoms with Gasteiger partial charge in [-0.25, -0.2) is 0 Å². The van der Waals surface area contributed by atoms with Crippen LogP contribution in [0.4, 0.5) is 4.20 Å². The molecule has 0 amide bonds. The van der Waals surface area contributed by atoms with E-state index in [4.69, 9.17) is 34.8 Å². The molecular weight excluding hydrogens is 235 g/mol. The molecule has 0 aromatic heterocycles. The molecule has 0 aliphatic carbocycles. The molecule has 3 nitrogen and oxygen atoms in total. The van der Waals surface area contributed by atoms with Gasteiger partial charge in [0.2, 0.25) is 3.79 Å². The summed E-state index contributed by atoms with van der Waals surface area (Å²) in [4.78, 5) is 9.64. The molecular formula is C2H2Cl3FLiO3P. The van der Waals surface area contributed by atoms with Crippen LogP contribution in [0.15, 0.2) is 0 Å². The number of hydrogen-bond donors (Lipinski definition) is 0. The van der Waals surface area contributed by atoms with E-state index >= 15 is 0 Å². The Morgan fingerprint density at radius 1 is 1.55 bits per heavy atom. The molecule has 0 saturated carbocycles. The van der Waals surface area contributed by atoms with E-state index < -0.39 is 18.3 Å².